The van der Waals surface area contributed by atoms with E-state index in [1.54, 1.807) is 10.8 Å². The fourth-order valence-electron chi connectivity index (χ4n) is 1.96. The molecule has 0 radical (unpaired) electrons. The standard InChI is InChI=1S/C14H10F5NO3S/c15-9-10(16)12(18)14(13(19)11(9)17)24(22,23)20-8(6-21)7-4-2-1-3-5-7/h1-5,8,20-21H,6H2. The van der Waals surface area contributed by atoms with Crippen LogP contribution in [0, 0.1) is 29.1 Å². The Morgan fingerprint density at radius 1 is 0.875 bits per heavy atom. The van der Waals surface area contributed by atoms with E-state index in [0.717, 1.165) is 0 Å². The Balaban J connectivity index is 2.52. The first-order valence-corrected chi connectivity index (χ1v) is 7.88. The van der Waals surface area contributed by atoms with Crippen LogP contribution in [0.5, 0.6) is 0 Å². The van der Waals surface area contributed by atoms with Crippen LogP contribution in [-0.2, 0) is 10.0 Å². The highest BCUT2D eigenvalue weighted by Crippen LogP contribution is 2.27. The highest BCUT2D eigenvalue weighted by Gasteiger charge is 2.34. The molecule has 2 aromatic rings. The lowest BCUT2D eigenvalue weighted by atomic mass is 10.1. The molecule has 2 N–H and O–H groups in total. The molecule has 0 saturated carbocycles. The van der Waals surface area contributed by atoms with Crippen molar-refractivity contribution in [2.75, 3.05) is 6.61 Å². The van der Waals surface area contributed by atoms with Crippen molar-refractivity contribution in [3.05, 3.63) is 65.0 Å². The fourth-order valence-corrected chi connectivity index (χ4v) is 3.32. The summed E-state index contributed by atoms with van der Waals surface area (Å²) in [6.45, 7) is -0.807. The predicted octanol–water partition coefficient (Wildman–Crippen LogP) is 2.39. The molecule has 0 fully saturated rings. The molecule has 0 heterocycles. The van der Waals surface area contributed by atoms with Crippen LogP contribution in [0.4, 0.5) is 22.0 Å². The molecule has 0 spiro atoms. The number of benzene rings is 2. The molecular weight excluding hydrogens is 357 g/mol. The highest BCUT2D eigenvalue weighted by molar-refractivity contribution is 7.89. The van der Waals surface area contributed by atoms with Crippen LogP contribution in [0.15, 0.2) is 35.2 Å². The highest BCUT2D eigenvalue weighted by atomic mass is 32.2. The van der Waals surface area contributed by atoms with Gasteiger partial charge in [-0.15, -0.1) is 0 Å². The van der Waals surface area contributed by atoms with Crippen LogP contribution >= 0.6 is 0 Å². The van der Waals surface area contributed by atoms with E-state index in [9.17, 15) is 35.5 Å². The molecule has 10 heteroatoms. The molecule has 4 nitrogen and oxygen atoms in total. The van der Waals surface area contributed by atoms with Gasteiger partial charge in [-0.2, -0.15) is 0 Å². The molecule has 1 atom stereocenters. The summed E-state index contributed by atoms with van der Waals surface area (Å²) < 4.78 is 92.5. The van der Waals surface area contributed by atoms with Gasteiger partial charge in [-0.05, 0) is 5.56 Å². The summed E-state index contributed by atoms with van der Waals surface area (Å²) in [5.41, 5.74) is 0.229. The summed E-state index contributed by atoms with van der Waals surface area (Å²) in [6.07, 6.45) is 0. The van der Waals surface area contributed by atoms with Crippen LogP contribution in [0.3, 0.4) is 0 Å². The van der Waals surface area contributed by atoms with Gasteiger partial charge in [-0.25, -0.2) is 35.1 Å². The SMILES string of the molecule is O=S(=O)(NC(CO)c1ccccc1)c1c(F)c(F)c(F)c(F)c1F. The molecule has 130 valence electrons. The van der Waals surface area contributed by atoms with Gasteiger partial charge in [0.05, 0.1) is 12.6 Å². The van der Waals surface area contributed by atoms with Crippen molar-refractivity contribution >= 4 is 10.0 Å². The second kappa shape index (κ2) is 6.83. The second-order valence-corrected chi connectivity index (χ2v) is 6.32. The van der Waals surface area contributed by atoms with E-state index in [2.05, 4.69) is 0 Å². The number of hydrogen-bond acceptors (Lipinski definition) is 3. The van der Waals surface area contributed by atoms with Crippen molar-refractivity contribution < 1.29 is 35.5 Å². The van der Waals surface area contributed by atoms with Crippen LogP contribution < -0.4 is 4.72 Å². The van der Waals surface area contributed by atoms with Gasteiger partial charge >= 0.3 is 0 Å². The summed E-state index contributed by atoms with van der Waals surface area (Å²) in [4.78, 5) is -2.01. The molecule has 1 unspecified atom stereocenters. The minimum absolute atomic E-state index is 0.229. The average molecular weight is 367 g/mol. The lowest BCUT2D eigenvalue weighted by molar-refractivity contribution is 0.258. The lowest BCUT2D eigenvalue weighted by Crippen LogP contribution is -2.32. The topological polar surface area (TPSA) is 66.4 Å². The number of hydrogen-bond donors (Lipinski definition) is 2. The smallest absolute Gasteiger partial charge is 0.247 e. The third-order valence-electron chi connectivity index (χ3n) is 3.12. The summed E-state index contributed by atoms with van der Waals surface area (Å²) in [7, 11) is -5.15. The van der Waals surface area contributed by atoms with Crippen LogP contribution in [0.2, 0.25) is 0 Å². The molecule has 0 aromatic heterocycles. The maximum atomic E-state index is 13.7. The minimum atomic E-state index is -5.15. The van der Waals surface area contributed by atoms with Gasteiger partial charge in [-0.3, -0.25) is 0 Å². The Bertz CT molecular complexity index is 829. The molecule has 0 aliphatic carbocycles. The molecular formula is C14H10F5NO3S. The van der Waals surface area contributed by atoms with Crippen LogP contribution in [0.1, 0.15) is 11.6 Å². The Morgan fingerprint density at radius 2 is 1.33 bits per heavy atom. The van der Waals surface area contributed by atoms with Gasteiger partial charge in [0.2, 0.25) is 15.8 Å². The number of halogens is 5. The van der Waals surface area contributed by atoms with Gasteiger partial charge in [-0.1, -0.05) is 30.3 Å². The zero-order valence-electron chi connectivity index (χ0n) is 11.7. The normalized spacial score (nSPS) is 13.1. The van der Waals surface area contributed by atoms with Gasteiger partial charge in [0.1, 0.15) is 0 Å². The first-order valence-electron chi connectivity index (χ1n) is 6.40. The molecule has 0 saturated heterocycles. The van der Waals surface area contributed by atoms with Gasteiger partial charge in [0, 0.05) is 0 Å². The second-order valence-electron chi connectivity index (χ2n) is 4.67. The lowest BCUT2D eigenvalue weighted by Gasteiger charge is -2.17. The third-order valence-corrected chi connectivity index (χ3v) is 4.61. The zero-order chi connectivity index (χ0) is 18.1. The number of aliphatic hydroxyl groups is 1. The van der Waals surface area contributed by atoms with E-state index in [1.807, 2.05) is 0 Å². The van der Waals surface area contributed by atoms with E-state index in [4.69, 9.17) is 0 Å². The van der Waals surface area contributed by atoms with E-state index in [1.165, 1.54) is 24.3 Å². The van der Waals surface area contributed by atoms with Crippen LogP contribution in [-0.4, -0.2) is 20.1 Å². The monoisotopic (exact) mass is 367 g/mol. The van der Waals surface area contributed by atoms with Crippen molar-refractivity contribution in [3.63, 3.8) is 0 Å². The third kappa shape index (κ3) is 3.25. The first-order chi connectivity index (χ1) is 11.2. The Hall–Kier alpha value is -2.04. The van der Waals surface area contributed by atoms with Gasteiger partial charge in [0.15, 0.2) is 28.2 Å². The van der Waals surface area contributed by atoms with Gasteiger partial charge < -0.3 is 5.11 Å². The molecule has 0 aliphatic rings. The van der Waals surface area contributed by atoms with Gasteiger partial charge in [0.25, 0.3) is 0 Å². The van der Waals surface area contributed by atoms with Crippen molar-refractivity contribution in [1.82, 2.24) is 4.72 Å². The van der Waals surface area contributed by atoms with Crippen molar-refractivity contribution in [3.8, 4) is 0 Å². The van der Waals surface area contributed by atoms with Crippen molar-refractivity contribution in [2.24, 2.45) is 0 Å². The molecule has 0 amide bonds. The molecule has 2 rings (SSSR count). The molecule has 24 heavy (non-hydrogen) atoms. The van der Waals surface area contributed by atoms with Crippen molar-refractivity contribution in [2.45, 2.75) is 10.9 Å². The van der Waals surface area contributed by atoms with E-state index in [-0.39, 0.29) is 5.56 Å². The molecule has 2 aromatic carbocycles. The number of nitrogens with one attached hydrogen (secondary N) is 1. The Morgan fingerprint density at radius 3 is 1.79 bits per heavy atom. The summed E-state index contributed by atoms with van der Waals surface area (Å²) in [6, 6.07) is 6.07. The summed E-state index contributed by atoms with van der Waals surface area (Å²) in [5, 5.41) is 9.26. The quantitative estimate of drug-likeness (QED) is 0.485. The first kappa shape index (κ1) is 18.3. The summed E-state index contributed by atoms with van der Waals surface area (Å²) >= 11 is 0. The predicted molar refractivity (Wildman–Crippen MR) is 72.8 cm³/mol. The van der Waals surface area contributed by atoms with Crippen LogP contribution in [0.25, 0.3) is 0 Å². The maximum Gasteiger partial charge on any atom is 0.247 e. The maximum absolute atomic E-state index is 13.7. The average Bonchev–Trinajstić information content (AvgIpc) is 2.57. The molecule has 0 bridgehead atoms. The minimum Gasteiger partial charge on any atom is -0.394 e. The van der Waals surface area contributed by atoms with Crippen molar-refractivity contribution in [1.29, 1.82) is 0 Å². The van der Waals surface area contributed by atoms with E-state index < -0.39 is 56.7 Å². The Kier molecular flexibility index (Phi) is 5.21. The number of rotatable bonds is 5. The van der Waals surface area contributed by atoms with E-state index in [0.29, 0.717) is 0 Å². The molecule has 0 aliphatic heterocycles. The number of sulfonamides is 1. The largest absolute Gasteiger partial charge is 0.394 e. The Labute approximate surface area is 133 Å². The number of aliphatic hydroxyl groups excluding tert-OH is 1. The fraction of sp³-hybridized carbons (Fsp3) is 0.143. The van der Waals surface area contributed by atoms with E-state index >= 15 is 0 Å². The zero-order valence-corrected chi connectivity index (χ0v) is 12.5. The summed E-state index contributed by atoms with van der Waals surface area (Å²) in [5.74, 6) is -12.2.